The molecule has 0 bridgehead atoms. The number of aryl methyl sites for hydroxylation is 2. The van der Waals surface area contributed by atoms with Gasteiger partial charge in [-0.3, -0.25) is 0 Å². The first kappa shape index (κ1) is 13.1. The van der Waals surface area contributed by atoms with Crippen molar-refractivity contribution < 1.29 is 5.11 Å². The highest BCUT2D eigenvalue weighted by atomic mass is 32.1. The maximum Gasteiger partial charge on any atom is 0.195 e. The van der Waals surface area contributed by atoms with Crippen molar-refractivity contribution >= 4 is 11.3 Å². The SMILES string of the molecule is Cc1cc(C(C)(C)C)ccc1-c1nc(C)c(O)s1. The van der Waals surface area contributed by atoms with Gasteiger partial charge >= 0.3 is 0 Å². The van der Waals surface area contributed by atoms with Gasteiger partial charge in [0, 0.05) is 5.56 Å². The zero-order valence-electron chi connectivity index (χ0n) is 11.5. The summed E-state index contributed by atoms with van der Waals surface area (Å²) in [6.45, 7) is 10.6. The Morgan fingerprint density at radius 1 is 1.17 bits per heavy atom. The molecule has 3 heteroatoms. The van der Waals surface area contributed by atoms with Gasteiger partial charge in [-0.25, -0.2) is 4.98 Å². The largest absolute Gasteiger partial charge is 0.498 e. The van der Waals surface area contributed by atoms with E-state index in [0.717, 1.165) is 10.6 Å². The van der Waals surface area contributed by atoms with Gasteiger partial charge in [-0.1, -0.05) is 50.3 Å². The monoisotopic (exact) mass is 261 g/mol. The average Bonchev–Trinajstić information content (AvgIpc) is 2.57. The standard InChI is InChI=1S/C15H19NOS/c1-9-8-11(15(3,4)5)6-7-12(9)13-16-10(2)14(17)18-13/h6-8,17H,1-5H3. The van der Waals surface area contributed by atoms with Crippen LogP contribution in [0.15, 0.2) is 18.2 Å². The van der Waals surface area contributed by atoms with E-state index < -0.39 is 0 Å². The van der Waals surface area contributed by atoms with Gasteiger partial charge in [0.15, 0.2) is 5.06 Å². The Labute approximate surface area is 112 Å². The molecule has 18 heavy (non-hydrogen) atoms. The van der Waals surface area contributed by atoms with Gasteiger partial charge in [0.1, 0.15) is 5.01 Å². The Bertz CT molecular complexity index is 559. The van der Waals surface area contributed by atoms with Crippen molar-refractivity contribution in [2.75, 3.05) is 0 Å². The predicted molar refractivity (Wildman–Crippen MR) is 77.4 cm³/mol. The molecule has 2 rings (SSSR count). The number of thiazole rings is 1. The summed E-state index contributed by atoms with van der Waals surface area (Å²) in [5.41, 5.74) is 4.49. The van der Waals surface area contributed by atoms with Crippen molar-refractivity contribution in [1.29, 1.82) is 0 Å². The van der Waals surface area contributed by atoms with E-state index in [-0.39, 0.29) is 5.41 Å². The number of hydrogen-bond donors (Lipinski definition) is 1. The van der Waals surface area contributed by atoms with Crippen LogP contribution in [0.4, 0.5) is 0 Å². The maximum atomic E-state index is 9.63. The van der Waals surface area contributed by atoms with Crippen LogP contribution in [-0.2, 0) is 5.41 Å². The van der Waals surface area contributed by atoms with Crippen LogP contribution in [0.3, 0.4) is 0 Å². The highest BCUT2D eigenvalue weighted by Crippen LogP contribution is 2.35. The summed E-state index contributed by atoms with van der Waals surface area (Å²) in [7, 11) is 0. The lowest BCUT2D eigenvalue weighted by Gasteiger charge is -2.20. The number of rotatable bonds is 1. The average molecular weight is 261 g/mol. The number of aromatic hydroxyl groups is 1. The molecule has 2 nitrogen and oxygen atoms in total. The van der Waals surface area contributed by atoms with Gasteiger partial charge < -0.3 is 5.11 Å². The Hall–Kier alpha value is -1.35. The van der Waals surface area contributed by atoms with Crippen molar-refractivity contribution in [2.45, 2.75) is 40.0 Å². The van der Waals surface area contributed by atoms with Gasteiger partial charge in [-0.2, -0.15) is 0 Å². The van der Waals surface area contributed by atoms with Crippen molar-refractivity contribution in [1.82, 2.24) is 4.98 Å². The van der Waals surface area contributed by atoms with Gasteiger partial charge in [0.05, 0.1) is 5.69 Å². The quantitative estimate of drug-likeness (QED) is 0.823. The van der Waals surface area contributed by atoms with Crippen LogP contribution in [-0.4, -0.2) is 10.1 Å². The highest BCUT2D eigenvalue weighted by Gasteiger charge is 2.16. The normalized spacial score (nSPS) is 11.8. The summed E-state index contributed by atoms with van der Waals surface area (Å²) >= 11 is 1.34. The van der Waals surface area contributed by atoms with E-state index >= 15 is 0 Å². The van der Waals surface area contributed by atoms with Crippen LogP contribution in [0.25, 0.3) is 10.6 Å². The maximum absolute atomic E-state index is 9.63. The Kier molecular flexibility index (Phi) is 3.20. The predicted octanol–water partition coefficient (Wildman–Crippen LogP) is 4.43. The first-order valence-electron chi connectivity index (χ1n) is 6.07. The molecule has 1 N–H and O–H groups in total. The molecule has 0 saturated carbocycles. The van der Waals surface area contributed by atoms with Crippen LogP contribution in [0, 0.1) is 13.8 Å². The first-order valence-corrected chi connectivity index (χ1v) is 6.88. The molecule has 1 aromatic carbocycles. The van der Waals surface area contributed by atoms with Crippen LogP contribution >= 0.6 is 11.3 Å². The summed E-state index contributed by atoms with van der Waals surface area (Å²) in [6, 6.07) is 6.47. The molecule has 96 valence electrons. The van der Waals surface area contributed by atoms with Crippen LogP contribution in [0.5, 0.6) is 5.06 Å². The molecule has 0 aliphatic rings. The molecule has 0 unspecified atom stereocenters. The van der Waals surface area contributed by atoms with Crippen LogP contribution < -0.4 is 0 Å². The lowest BCUT2D eigenvalue weighted by Crippen LogP contribution is -2.11. The molecular weight excluding hydrogens is 242 g/mol. The second-order valence-electron chi connectivity index (χ2n) is 5.69. The number of aromatic nitrogens is 1. The molecule has 2 aromatic rings. The molecule has 0 aliphatic carbocycles. The van der Waals surface area contributed by atoms with Crippen molar-refractivity contribution in [3.8, 4) is 15.6 Å². The molecule has 0 aliphatic heterocycles. The smallest absolute Gasteiger partial charge is 0.195 e. The van der Waals surface area contributed by atoms with Crippen LogP contribution in [0.1, 0.15) is 37.6 Å². The molecular formula is C15H19NOS. The fourth-order valence-corrected chi connectivity index (χ4v) is 2.77. The summed E-state index contributed by atoms with van der Waals surface area (Å²) in [4.78, 5) is 4.40. The minimum atomic E-state index is 0.157. The molecule has 0 spiro atoms. The van der Waals surface area contributed by atoms with E-state index in [1.54, 1.807) is 0 Å². The third-order valence-electron chi connectivity index (χ3n) is 3.09. The fourth-order valence-electron chi connectivity index (χ4n) is 1.87. The summed E-state index contributed by atoms with van der Waals surface area (Å²) in [5.74, 6) is 0. The highest BCUT2D eigenvalue weighted by molar-refractivity contribution is 7.16. The molecule has 1 heterocycles. The second kappa shape index (κ2) is 4.39. The summed E-state index contributed by atoms with van der Waals surface area (Å²) < 4.78 is 0. The van der Waals surface area contributed by atoms with E-state index in [4.69, 9.17) is 0 Å². The summed E-state index contributed by atoms with van der Waals surface area (Å²) in [6.07, 6.45) is 0. The Morgan fingerprint density at radius 2 is 1.83 bits per heavy atom. The zero-order chi connectivity index (χ0) is 13.5. The molecule has 0 radical (unpaired) electrons. The molecule has 0 atom stereocenters. The molecule has 0 fully saturated rings. The topological polar surface area (TPSA) is 33.1 Å². The van der Waals surface area contributed by atoms with E-state index in [1.165, 1.54) is 22.5 Å². The number of nitrogens with zero attached hydrogens (tertiary/aromatic N) is 1. The van der Waals surface area contributed by atoms with E-state index in [9.17, 15) is 5.11 Å². The number of benzene rings is 1. The lowest BCUT2D eigenvalue weighted by atomic mass is 9.85. The molecule has 0 saturated heterocycles. The first-order chi connectivity index (χ1) is 8.29. The Morgan fingerprint density at radius 3 is 2.28 bits per heavy atom. The third kappa shape index (κ3) is 2.41. The van der Waals surface area contributed by atoms with Crippen molar-refractivity contribution in [2.24, 2.45) is 0 Å². The van der Waals surface area contributed by atoms with E-state index in [1.807, 2.05) is 6.92 Å². The fraction of sp³-hybridized carbons (Fsp3) is 0.400. The minimum absolute atomic E-state index is 0.157. The van der Waals surface area contributed by atoms with Gasteiger partial charge in [-0.15, -0.1) is 0 Å². The minimum Gasteiger partial charge on any atom is -0.498 e. The molecule has 0 amide bonds. The van der Waals surface area contributed by atoms with Crippen molar-refractivity contribution in [3.63, 3.8) is 0 Å². The summed E-state index contributed by atoms with van der Waals surface area (Å²) in [5, 5.41) is 10.8. The van der Waals surface area contributed by atoms with Crippen LogP contribution in [0.2, 0.25) is 0 Å². The molecule has 1 aromatic heterocycles. The van der Waals surface area contributed by atoms with Gasteiger partial charge in [-0.05, 0) is 30.4 Å². The zero-order valence-corrected chi connectivity index (χ0v) is 12.4. The lowest BCUT2D eigenvalue weighted by molar-refractivity contribution is 0.485. The van der Waals surface area contributed by atoms with E-state index in [2.05, 4.69) is 50.9 Å². The number of hydrogen-bond acceptors (Lipinski definition) is 3. The Balaban J connectivity index is 2.48. The second-order valence-corrected chi connectivity index (χ2v) is 6.67. The van der Waals surface area contributed by atoms with Gasteiger partial charge in [0.2, 0.25) is 0 Å². The van der Waals surface area contributed by atoms with Gasteiger partial charge in [0.25, 0.3) is 0 Å². The van der Waals surface area contributed by atoms with E-state index in [0.29, 0.717) is 10.8 Å². The van der Waals surface area contributed by atoms with Crippen molar-refractivity contribution in [3.05, 3.63) is 35.0 Å². The third-order valence-corrected chi connectivity index (χ3v) is 4.09.